The SMILES string of the molecule is CC(C)OC(c1ccccc1)c1nnnn1C(C)(C)C. The van der Waals surface area contributed by atoms with Gasteiger partial charge in [0.05, 0.1) is 11.6 Å². The van der Waals surface area contributed by atoms with Crippen molar-refractivity contribution in [3.63, 3.8) is 0 Å². The predicted octanol–water partition coefficient (Wildman–Crippen LogP) is 2.94. The average Bonchev–Trinajstić information content (AvgIpc) is 2.85. The summed E-state index contributed by atoms with van der Waals surface area (Å²) in [6.45, 7) is 10.3. The van der Waals surface area contributed by atoms with E-state index >= 15 is 0 Å². The second kappa shape index (κ2) is 5.71. The third kappa shape index (κ3) is 3.22. The van der Waals surface area contributed by atoms with Gasteiger partial charge in [-0.15, -0.1) is 5.10 Å². The fourth-order valence-electron chi connectivity index (χ4n) is 2.02. The lowest BCUT2D eigenvalue weighted by Gasteiger charge is -2.25. The number of benzene rings is 1. The van der Waals surface area contributed by atoms with Gasteiger partial charge in [0.15, 0.2) is 5.82 Å². The van der Waals surface area contributed by atoms with Crippen LogP contribution < -0.4 is 0 Å². The minimum atomic E-state index is -0.259. The molecule has 0 N–H and O–H groups in total. The van der Waals surface area contributed by atoms with Gasteiger partial charge in [0, 0.05) is 0 Å². The second-order valence-corrected chi connectivity index (χ2v) is 6.10. The Morgan fingerprint density at radius 2 is 1.75 bits per heavy atom. The number of hydrogen-bond acceptors (Lipinski definition) is 4. The smallest absolute Gasteiger partial charge is 0.185 e. The van der Waals surface area contributed by atoms with Crippen molar-refractivity contribution in [2.24, 2.45) is 0 Å². The van der Waals surface area contributed by atoms with Gasteiger partial charge < -0.3 is 4.74 Å². The largest absolute Gasteiger partial charge is 0.363 e. The van der Waals surface area contributed by atoms with E-state index in [-0.39, 0.29) is 17.7 Å². The summed E-state index contributed by atoms with van der Waals surface area (Å²) in [7, 11) is 0. The summed E-state index contributed by atoms with van der Waals surface area (Å²) in [6.07, 6.45) is -0.171. The van der Waals surface area contributed by atoms with Crippen LogP contribution in [0.1, 0.15) is 52.1 Å². The van der Waals surface area contributed by atoms with E-state index in [1.807, 2.05) is 48.9 Å². The van der Waals surface area contributed by atoms with Gasteiger partial charge in [0.25, 0.3) is 0 Å². The Bertz CT molecular complexity index is 543. The summed E-state index contributed by atoms with van der Waals surface area (Å²) in [5, 5.41) is 12.1. The summed E-state index contributed by atoms with van der Waals surface area (Å²) in [6, 6.07) is 10.1. The van der Waals surface area contributed by atoms with Gasteiger partial charge in [-0.2, -0.15) is 0 Å². The Labute approximate surface area is 120 Å². The maximum absolute atomic E-state index is 6.05. The summed E-state index contributed by atoms with van der Waals surface area (Å²) in [5.41, 5.74) is 0.869. The van der Waals surface area contributed by atoms with Crippen molar-refractivity contribution in [3.05, 3.63) is 41.7 Å². The van der Waals surface area contributed by atoms with Gasteiger partial charge in [-0.25, -0.2) is 4.68 Å². The molecule has 0 aliphatic heterocycles. The average molecular weight is 274 g/mol. The Hall–Kier alpha value is -1.75. The maximum atomic E-state index is 6.05. The molecule has 2 rings (SSSR count). The normalized spacial score (nSPS) is 13.7. The molecule has 0 saturated carbocycles. The first-order valence-electron chi connectivity index (χ1n) is 6.88. The predicted molar refractivity (Wildman–Crippen MR) is 77.3 cm³/mol. The first kappa shape index (κ1) is 14.7. The number of tetrazole rings is 1. The van der Waals surface area contributed by atoms with Crippen molar-refractivity contribution >= 4 is 0 Å². The zero-order valence-corrected chi connectivity index (χ0v) is 12.7. The van der Waals surface area contributed by atoms with E-state index in [9.17, 15) is 0 Å². The molecule has 0 saturated heterocycles. The highest BCUT2D eigenvalue weighted by Crippen LogP contribution is 2.28. The molecule has 0 bridgehead atoms. The molecule has 108 valence electrons. The standard InChI is InChI=1S/C15H22N4O/c1-11(2)20-13(12-9-7-6-8-10-12)14-16-17-18-19(14)15(3,4)5/h6-11,13H,1-5H3. The van der Waals surface area contributed by atoms with E-state index in [0.717, 1.165) is 11.4 Å². The summed E-state index contributed by atoms with van der Waals surface area (Å²) < 4.78 is 7.88. The molecule has 0 fully saturated rings. The minimum absolute atomic E-state index is 0.0883. The number of aromatic nitrogens is 4. The molecule has 1 unspecified atom stereocenters. The summed E-state index contributed by atoms with van der Waals surface area (Å²) in [4.78, 5) is 0. The van der Waals surface area contributed by atoms with Gasteiger partial charge in [-0.05, 0) is 50.6 Å². The second-order valence-electron chi connectivity index (χ2n) is 6.10. The van der Waals surface area contributed by atoms with Crippen molar-refractivity contribution in [3.8, 4) is 0 Å². The van der Waals surface area contributed by atoms with Gasteiger partial charge in [0.2, 0.25) is 0 Å². The van der Waals surface area contributed by atoms with Gasteiger partial charge >= 0.3 is 0 Å². The molecule has 0 aliphatic carbocycles. The number of rotatable bonds is 4. The van der Waals surface area contributed by atoms with Gasteiger partial charge in [-0.1, -0.05) is 30.3 Å². The van der Waals surface area contributed by atoms with Crippen LogP contribution in [-0.2, 0) is 10.3 Å². The molecule has 1 aromatic carbocycles. The van der Waals surface area contributed by atoms with Crippen LogP contribution in [0, 0.1) is 0 Å². The van der Waals surface area contributed by atoms with E-state index in [1.54, 1.807) is 0 Å². The Balaban J connectivity index is 2.45. The lowest BCUT2D eigenvalue weighted by molar-refractivity contribution is 0.0206. The lowest BCUT2D eigenvalue weighted by Crippen LogP contribution is -2.28. The molecule has 0 amide bonds. The van der Waals surface area contributed by atoms with Crippen LogP contribution in [-0.4, -0.2) is 26.3 Å². The quantitative estimate of drug-likeness (QED) is 0.860. The fourth-order valence-corrected chi connectivity index (χ4v) is 2.02. The van der Waals surface area contributed by atoms with E-state index in [4.69, 9.17) is 4.74 Å². The zero-order chi connectivity index (χ0) is 14.8. The molecule has 2 aromatic rings. The van der Waals surface area contributed by atoms with Crippen LogP contribution in [0.25, 0.3) is 0 Å². The van der Waals surface area contributed by atoms with Crippen molar-refractivity contribution < 1.29 is 4.74 Å². The Morgan fingerprint density at radius 3 is 2.30 bits per heavy atom. The van der Waals surface area contributed by atoms with Crippen molar-refractivity contribution in [2.75, 3.05) is 0 Å². The van der Waals surface area contributed by atoms with Crippen molar-refractivity contribution in [1.29, 1.82) is 0 Å². The molecular weight excluding hydrogens is 252 g/mol. The third-order valence-corrected chi connectivity index (χ3v) is 2.87. The van der Waals surface area contributed by atoms with Crippen LogP contribution in [0.2, 0.25) is 0 Å². The maximum Gasteiger partial charge on any atom is 0.185 e. The van der Waals surface area contributed by atoms with Crippen LogP contribution >= 0.6 is 0 Å². The number of hydrogen-bond donors (Lipinski definition) is 0. The molecule has 0 aliphatic rings. The van der Waals surface area contributed by atoms with Crippen LogP contribution in [0.15, 0.2) is 30.3 Å². The molecule has 5 heteroatoms. The number of nitrogens with zero attached hydrogens (tertiary/aromatic N) is 4. The monoisotopic (exact) mass is 274 g/mol. The van der Waals surface area contributed by atoms with Crippen LogP contribution in [0.3, 0.4) is 0 Å². The molecule has 1 atom stereocenters. The molecule has 5 nitrogen and oxygen atoms in total. The molecule has 1 aromatic heterocycles. The van der Waals surface area contributed by atoms with Gasteiger partial charge in [0.1, 0.15) is 6.10 Å². The van der Waals surface area contributed by atoms with E-state index in [1.165, 1.54) is 0 Å². The molecular formula is C15H22N4O. The topological polar surface area (TPSA) is 52.8 Å². The molecule has 0 spiro atoms. The first-order chi connectivity index (χ1) is 9.39. The first-order valence-corrected chi connectivity index (χ1v) is 6.88. The minimum Gasteiger partial charge on any atom is -0.363 e. The molecule has 20 heavy (non-hydrogen) atoms. The van der Waals surface area contributed by atoms with E-state index < -0.39 is 0 Å². The Morgan fingerprint density at radius 1 is 1.10 bits per heavy atom. The molecule has 1 heterocycles. The molecule has 0 radical (unpaired) electrons. The third-order valence-electron chi connectivity index (χ3n) is 2.87. The number of ether oxygens (including phenoxy) is 1. The van der Waals surface area contributed by atoms with Crippen molar-refractivity contribution in [2.45, 2.75) is 52.4 Å². The van der Waals surface area contributed by atoms with E-state index in [2.05, 4.69) is 36.3 Å². The van der Waals surface area contributed by atoms with Crippen LogP contribution in [0.5, 0.6) is 0 Å². The lowest BCUT2D eigenvalue weighted by atomic mass is 10.1. The summed E-state index contributed by atoms with van der Waals surface area (Å²) in [5.74, 6) is 0.734. The van der Waals surface area contributed by atoms with Crippen LogP contribution in [0.4, 0.5) is 0 Å². The van der Waals surface area contributed by atoms with E-state index in [0.29, 0.717) is 0 Å². The van der Waals surface area contributed by atoms with Gasteiger partial charge in [-0.3, -0.25) is 0 Å². The van der Waals surface area contributed by atoms with Crippen molar-refractivity contribution in [1.82, 2.24) is 20.2 Å². The highest BCUT2D eigenvalue weighted by Gasteiger charge is 2.28. The fraction of sp³-hybridized carbons (Fsp3) is 0.533. The highest BCUT2D eigenvalue weighted by atomic mass is 16.5. The zero-order valence-electron chi connectivity index (χ0n) is 12.7. The highest BCUT2D eigenvalue weighted by molar-refractivity contribution is 5.23. The Kier molecular flexibility index (Phi) is 4.18. The summed E-state index contributed by atoms with van der Waals surface area (Å²) >= 11 is 0.